The Kier molecular flexibility index (Phi) is 2.95. The molecular weight excluding hydrogens is 204 g/mol. The van der Waals surface area contributed by atoms with Gasteiger partial charge in [-0.05, 0) is 12.1 Å². The second-order valence-electron chi connectivity index (χ2n) is 3.27. The fourth-order valence-corrected chi connectivity index (χ4v) is 1.40. The van der Waals surface area contributed by atoms with Crippen LogP contribution in [0.3, 0.4) is 0 Å². The number of likely N-dealkylation sites (N-methyl/N-ethyl adjacent to an activating group) is 1. The summed E-state index contributed by atoms with van der Waals surface area (Å²) < 4.78 is 0. The lowest BCUT2D eigenvalue weighted by molar-refractivity contribution is -0.118. The standard InChI is InChI=1S/C11H12N4O/c1-12-10(16)6-13-11-8-4-2-3-5-9(8)14-7-15-11/h2-5,7H,6H2,1H3,(H,12,16)(H,13,14,15). The van der Waals surface area contributed by atoms with Gasteiger partial charge in [0, 0.05) is 12.4 Å². The zero-order valence-electron chi connectivity index (χ0n) is 8.90. The van der Waals surface area contributed by atoms with E-state index in [9.17, 15) is 4.79 Å². The maximum absolute atomic E-state index is 11.1. The number of carbonyl (C=O) groups is 1. The summed E-state index contributed by atoms with van der Waals surface area (Å²) in [6, 6.07) is 7.65. The maximum Gasteiger partial charge on any atom is 0.239 e. The lowest BCUT2D eigenvalue weighted by atomic mass is 10.2. The average molecular weight is 216 g/mol. The predicted molar refractivity (Wildman–Crippen MR) is 62.1 cm³/mol. The quantitative estimate of drug-likeness (QED) is 0.796. The number of fused-ring (bicyclic) bond motifs is 1. The minimum absolute atomic E-state index is 0.0808. The zero-order valence-corrected chi connectivity index (χ0v) is 8.90. The van der Waals surface area contributed by atoms with E-state index in [1.54, 1.807) is 7.05 Å². The fraction of sp³-hybridized carbons (Fsp3) is 0.182. The van der Waals surface area contributed by atoms with E-state index in [0.29, 0.717) is 5.82 Å². The van der Waals surface area contributed by atoms with Gasteiger partial charge in [-0.1, -0.05) is 12.1 Å². The molecule has 1 amide bonds. The molecule has 0 aliphatic rings. The van der Waals surface area contributed by atoms with Crippen LogP contribution in [-0.2, 0) is 4.79 Å². The van der Waals surface area contributed by atoms with E-state index < -0.39 is 0 Å². The number of nitrogens with zero attached hydrogens (tertiary/aromatic N) is 2. The molecule has 2 rings (SSSR count). The molecule has 5 nitrogen and oxygen atoms in total. The van der Waals surface area contributed by atoms with Crippen molar-refractivity contribution in [3.05, 3.63) is 30.6 Å². The highest BCUT2D eigenvalue weighted by Crippen LogP contribution is 2.17. The van der Waals surface area contributed by atoms with Crippen LogP contribution < -0.4 is 10.6 Å². The van der Waals surface area contributed by atoms with Gasteiger partial charge in [0.1, 0.15) is 12.1 Å². The van der Waals surface area contributed by atoms with Gasteiger partial charge in [0.25, 0.3) is 0 Å². The van der Waals surface area contributed by atoms with Crippen molar-refractivity contribution in [2.24, 2.45) is 0 Å². The first-order valence-electron chi connectivity index (χ1n) is 4.95. The number of hydrogen-bond acceptors (Lipinski definition) is 4. The molecule has 2 aromatic rings. The number of aromatic nitrogens is 2. The second-order valence-corrected chi connectivity index (χ2v) is 3.27. The molecule has 0 atom stereocenters. The van der Waals surface area contributed by atoms with Crippen LogP contribution in [0.15, 0.2) is 30.6 Å². The van der Waals surface area contributed by atoms with Gasteiger partial charge in [0.2, 0.25) is 5.91 Å². The monoisotopic (exact) mass is 216 g/mol. The number of para-hydroxylation sites is 1. The van der Waals surface area contributed by atoms with Crippen LogP contribution in [0.1, 0.15) is 0 Å². The summed E-state index contributed by atoms with van der Waals surface area (Å²) in [7, 11) is 1.60. The Balaban J connectivity index is 2.27. The molecule has 0 aliphatic heterocycles. The molecule has 0 spiro atoms. The van der Waals surface area contributed by atoms with E-state index in [2.05, 4.69) is 20.6 Å². The largest absolute Gasteiger partial charge is 0.360 e. The van der Waals surface area contributed by atoms with Gasteiger partial charge in [0.15, 0.2) is 0 Å². The normalized spacial score (nSPS) is 10.1. The van der Waals surface area contributed by atoms with Crippen molar-refractivity contribution in [3.8, 4) is 0 Å². The van der Waals surface area contributed by atoms with E-state index in [-0.39, 0.29) is 12.5 Å². The van der Waals surface area contributed by atoms with E-state index in [1.807, 2.05) is 24.3 Å². The Hall–Kier alpha value is -2.17. The summed E-state index contributed by atoms with van der Waals surface area (Å²) in [6.45, 7) is 0.206. The highest BCUT2D eigenvalue weighted by Gasteiger charge is 2.03. The van der Waals surface area contributed by atoms with Crippen molar-refractivity contribution in [2.45, 2.75) is 0 Å². The summed E-state index contributed by atoms with van der Waals surface area (Å²) in [6.07, 6.45) is 1.48. The van der Waals surface area contributed by atoms with Crippen molar-refractivity contribution >= 4 is 22.6 Å². The third-order valence-electron chi connectivity index (χ3n) is 2.24. The van der Waals surface area contributed by atoms with Gasteiger partial charge in [-0.3, -0.25) is 4.79 Å². The van der Waals surface area contributed by atoms with Crippen LogP contribution in [0.5, 0.6) is 0 Å². The highest BCUT2D eigenvalue weighted by molar-refractivity contribution is 5.90. The molecule has 0 fully saturated rings. The molecule has 0 unspecified atom stereocenters. The lowest BCUT2D eigenvalue weighted by Crippen LogP contribution is -2.26. The summed E-state index contributed by atoms with van der Waals surface area (Å²) >= 11 is 0. The van der Waals surface area contributed by atoms with E-state index in [4.69, 9.17) is 0 Å². The van der Waals surface area contributed by atoms with Gasteiger partial charge in [-0.2, -0.15) is 0 Å². The van der Waals surface area contributed by atoms with Crippen LogP contribution >= 0.6 is 0 Å². The minimum atomic E-state index is -0.0808. The molecule has 1 heterocycles. The Morgan fingerprint density at radius 3 is 2.94 bits per heavy atom. The van der Waals surface area contributed by atoms with Crippen LogP contribution in [0.4, 0.5) is 5.82 Å². The van der Waals surface area contributed by atoms with Crippen molar-refractivity contribution in [2.75, 3.05) is 18.9 Å². The molecular formula is C11H12N4O. The summed E-state index contributed by atoms with van der Waals surface area (Å²) in [5, 5.41) is 6.42. The summed E-state index contributed by atoms with van der Waals surface area (Å²) in [4.78, 5) is 19.4. The second kappa shape index (κ2) is 4.57. The SMILES string of the molecule is CNC(=O)CNc1ncnc2ccccc12. The molecule has 1 aromatic heterocycles. The van der Waals surface area contributed by atoms with Crippen LogP contribution in [0, 0.1) is 0 Å². The Morgan fingerprint density at radius 1 is 1.31 bits per heavy atom. The molecule has 16 heavy (non-hydrogen) atoms. The highest BCUT2D eigenvalue weighted by atomic mass is 16.1. The predicted octanol–water partition coefficient (Wildman–Crippen LogP) is 0.788. The number of carbonyl (C=O) groups excluding carboxylic acids is 1. The van der Waals surface area contributed by atoms with Gasteiger partial charge < -0.3 is 10.6 Å². The number of amides is 1. The minimum Gasteiger partial charge on any atom is -0.360 e. The van der Waals surface area contributed by atoms with Crippen LogP contribution in [0.2, 0.25) is 0 Å². The van der Waals surface area contributed by atoms with Crippen molar-refractivity contribution < 1.29 is 4.79 Å². The molecule has 5 heteroatoms. The van der Waals surface area contributed by atoms with Crippen molar-refractivity contribution in [1.29, 1.82) is 0 Å². The summed E-state index contributed by atoms with van der Waals surface area (Å²) in [5.74, 6) is 0.594. The average Bonchev–Trinajstić information content (AvgIpc) is 2.35. The molecule has 0 aliphatic carbocycles. The van der Waals surface area contributed by atoms with Gasteiger partial charge in [-0.25, -0.2) is 9.97 Å². The van der Waals surface area contributed by atoms with Gasteiger partial charge in [-0.15, -0.1) is 0 Å². The van der Waals surface area contributed by atoms with Crippen LogP contribution in [-0.4, -0.2) is 29.5 Å². The molecule has 82 valence electrons. The Bertz CT molecular complexity index is 507. The van der Waals surface area contributed by atoms with E-state index in [0.717, 1.165) is 10.9 Å². The molecule has 0 saturated carbocycles. The first kappa shape index (κ1) is 10.4. The van der Waals surface area contributed by atoms with Crippen molar-refractivity contribution in [1.82, 2.24) is 15.3 Å². The van der Waals surface area contributed by atoms with E-state index in [1.165, 1.54) is 6.33 Å². The van der Waals surface area contributed by atoms with Crippen LogP contribution in [0.25, 0.3) is 10.9 Å². The Labute approximate surface area is 92.9 Å². The number of nitrogens with one attached hydrogen (secondary N) is 2. The fourth-order valence-electron chi connectivity index (χ4n) is 1.40. The molecule has 0 radical (unpaired) electrons. The lowest BCUT2D eigenvalue weighted by Gasteiger charge is -2.06. The summed E-state index contributed by atoms with van der Waals surface area (Å²) in [5.41, 5.74) is 0.858. The maximum atomic E-state index is 11.1. The number of rotatable bonds is 3. The third-order valence-corrected chi connectivity index (χ3v) is 2.24. The molecule has 2 N–H and O–H groups in total. The first-order chi connectivity index (χ1) is 7.81. The molecule has 0 bridgehead atoms. The van der Waals surface area contributed by atoms with E-state index >= 15 is 0 Å². The number of hydrogen-bond donors (Lipinski definition) is 2. The smallest absolute Gasteiger partial charge is 0.239 e. The Morgan fingerprint density at radius 2 is 2.12 bits per heavy atom. The first-order valence-corrected chi connectivity index (χ1v) is 4.95. The zero-order chi connectivity index (χ0) is 11.4. The topological polar surface area (TPSA) is 66.9 Å². The van der Waals surface area contributed by atoms with Gasteiger partial charge >= 0.3 is 0 Å². The number of anilines is 1. The number of benzene rings is 1. The molecule has 0 saturated heterocycles. The third kappa shape index (κ3) is 2.08. The van der Waals surface area contributed by atoms with Gasteiger partial charge in [0.05, 0.1) is 12.1 Å². The van der Waals surface area contributed by atoms with Crippen molar-refractivity contribution in [3.63, 3.8) is 0 Å². The molecule has 1 aromatic carbocycles.